The van der Waals surface area contributed by atoms with Crippen LogP contribution in [0, 0.1) is 6.92 Å². The molecule has 2 aromatic rings. The normalized spacial score (nSPS) is 15.4. The molecule has 0 spiro atoms. The van der Waals surface area contributed by atoms with Gasteiger partial charge in [-0.1, -0.05) is 70.2 Å². The van der Waals surface area contributed by atoms with Crippen molar-refractivity contribution in [3.05, 3.63) is 57.3 Å². The molecule has 1 aromatic heterocycles. The third-order valence-corrected chi connectivity index (χ3v) is 7.72. The maximum atomic E-state index is 13.7. The third-order valence-electron chi connectivity index (χ3n) is 6.72. The van der Waals surface area contributed by atoms with Crippen LogP contribution in [0.1, 0.15) is 92.8 Å². The van der Waals surface area contributed by atoms with E-state index in [4.69, 9.17) is 0 Å². The minimum atomic E-state index is -0.0640. The molecular weight excluding hydrogens is 428 g/mol. The van der Waals surface area contributed by atoms with E-state index in [1.807, 2.05) is 9.80 Å². The van der Waals surface area contributed by atoms with Crippen LogP contribution in [0.25, 0.3) is 0 Å². The lowest BCUT2D eigenvalue weighted by Crippen LogP contribution is -2.47. The van der Waals surface area contributed by atoms with Gasteiger partial charge in [-0.15, -0.1) is 11.3 Å². The van der Waals surface area contributed by atoms with Crippen molar-refractivity contribution in [2.75, 3.05) is 19.6 Å². The van der Waals surface area contributed by atoms with E-state index in [1.54, 1.807) is 11.3 Å². The van der Waals surface area contributed by atoms with Gasteiger partial charge in [0.15, 0.2) is 0 Å². The molecule has 0 radical (unpaired) electrons. The van der Waals surface area contributed by atoms with Gasteiger partial charge in [-0.3, -0.25) is 9.59 Å². The quantitative estimate of drug-likeness (QED) is 0.333. The van der Waals surface area contributed by atoms with Crippen molar-refractivity contribution in [3.63, 3.8) is 0 Å². The van der Waals surface area contributed by atoms with Gasteiger partial charge in [0, 0.05) is 24.4 Å². The maximum Gasteiger partial charge on any atom is 0.242 e. The highest BCUT2D eigenvalue weighted by Gasteiger charge is 2.34. The summed E-state index contributed by atoms with van der Waals surface area (Å²) in [6.07, 6.45) is 8.91. The van der Waals surface area contributed by atoms with E-state index >= 15 is 0 Å². The van der Waals surface area contributed by atoms with E-state index in [0.717, 1.165) is 51.4 Å². The van der Waals surface area contributed by atoms with Gasteiger partial charge in [0.25, 0.3) is 0 Å². The van der Waals surface area contributed by atoms with E-state index in [9.17, 15) is 9.59 Å². The summed E-state index contributed by atoms with van der Waals surface area (Å²) in [4.78, 5) is 32.0. The zero-order valence-corrected chi connectivity index (χ0v) is 21.5. The molecule has 0 bridgehead atoms. The Labute approximate surface area is 204 Å². The standard InChI is InChI=1S/C28H40N2O2S/c1-4-6-8-9-15-26(31)29(18-12-7-5-2)21-27(32)30-19-16-25-24(17-20-33-25)28(30)23-14-11-10-13-22(23)3/h10-11,13-14,17,20,28H,4-9,12,15-16,18-19,21H2,1-3H3. The molecule has 1 unspecified atom stereocenters. The number of fused-ring (bicyclic) bond motifs is 1. The van der Waals surface area contributed by atoms with Crippen LogP contribution in [0.2, 0.25) is 0 Å². The number of hydrogen-bond acceptors (Lipinski definition) is 3. The number of aryl methyl sites for hydroxylation is 1. The van der Waals surface area contributed by atoms with Gasteiger partial charge in [-0.25, -0.2) is 0 Å². The Kier molecular flexibility index (Phi) is 9.98. The first kappa shape index (κ1) is 25.5. The molecule has 0 saturated heterocycles. The number of carbonyl (C=O) groups excluding carboxylic acids is 2. The summed E-state index contributed by atoms with van der Waals surface area (Å²) in [6.45, 7) is 8.05. The number of unbranched alkanes of at least 4 members (excludes halogenated alkanes) is 5. The number of hydrogen-bond donors (Lipinski definition) is 0. The van der Waals surface area contributed by atoms with Crippen molar-refractivity contribution in [1.29, 1.82) is 0 Å². The molecule has 0 N–H and O–H groups in total. The molecule has 0 fully saturated rings. The first-order valence-corrected chi connectivity index (χ1v) is 13.6. The topological polar surface area (TPSA) is 40.6 Å². The SMILES string of the molecule is CCCCCCC(=O)N(CCCCC)CC(=O)N1CCc2sccc2C1c1ccccc1C. The zero-order chi connectivity index (χ0) is 23.6. The van der Waals surface area contributed by atoms with Crippen molar-refractivity contribution in [2.45, 2.75) is 84.6 Å². The summed E-state index contributed by atoms with van der Waals surface area (Å²) in [5.74, 6) is 0.203. The van der Waals surface area contributed by atoms with Gasteiger partial charge in [-0.05, 0) is 54.3 Å². The molecule has 5 heteroatoms. The lowest BCUT2D eigenvalue weighted by molar-refractivity contribution is -0.142. The van der Waals surface area contributed by atoms with Crippen LogP contribution >= 0.6 is 11.3 Å². The lowest BCUT2D eigenvalue weighted by atomic mass is 9.90. The lowest BCUT2D eigenvalue weighted by Gasteiger charge is -2.38. The second kappa shape index (κ2) is 12.9. The number of rotatable bonds is 12. The fraction of sp³-hybridized carbons (Fsp3) is 0.571. The Morgan fingerprint density at radius 2 is 1.76 bits per heavy atom. The predicted octanol–water partition coefficient (Wildman–Crippen LogP) is 6.52. The van der Waals surface area contributed by atoms with Crippen molar-refractivity contribution in [2.24, 2.45) is 0 Å². The molecule has 2 amide bonds. The number of thiophene rings is 1. The molecule has 1 atom stereocenters. The smallest absolute Gasteiger partial charge is 0.242 e. The third kappa shape index (κ3) is 6.69. The molecule has 2 heterocycles. The highest BCUT2D eigenvalue weighted by atomic mass is 32.1. The summed E-state index contributed by atoms with van der Waals surface area (Å²) in [5.41, 5.74) is 3.64. The molecule has 4 nitrogen and oxygen atoms in total. The Morgan fingerprint density at radius 3 is 2.52 bits per heavy atom. The van der Waals surface area contributed by atoms with Crippen LogP contribution < -0.4 is 0 Å². The highest BCUT2D eigenvalue weighted by molar-refractivity contribution is 7.10. The molecule has 1 aliphatic heterocycles. The highest BCUT2D eigenvalue weighted by Crippen LogP contribution is 2.39. The second-order valence-electron chi connectivity index (χ2n) is 9.23. The van der Waals surface area contributed by atoms with Crippen LogP contribution in [0.4, 0.5) is 0 Å². The molecule has 0 aliphatic carbocycles. The predicted molar refractivity (Wildman–Crippen MR) is 138 cm³/mol. The summed E-state index contributed by atoms with van der Waals surface area (Å²) < 4.78 is 0. The Balaban J connectivity index is 1.78. The van der Waals surface area contributed by atoms with Gasteiger partial charge in [0.1, 0.15) is 0 Å². The van der Waals surface area contributed by atoms with Crippen LogP contribution in [0.5, 0.6) is 0 Å². The van der Waals surface area contributed by atoms with Gasteiger partial charge >= 0.3 is 0 Å². The molecule has 33 heavy (non-hydrogen) atoms. The number of carbonyl (C=O) groups is 2. The summed E-state index contributed by atoms with van der Waals surface area (Å²) >= 11 is 1.79. The monoisotopic (exact) mass is 468 g/mol. The van der Waals surface area contributed by atoms with Crippen LogP contribution in [0.3, 0.4) is 0 Å². The van der Waals surface area contributed by atoms with E-state index in [-0.39, 0.29) is 24.4 Å². The second-order valence-corrected chi connectivity index (χ2v) is 10.2. The first-order valence-electron chi connectivity index (χ1n) is 12.8. The van der Waals surface area contributed by atoms with Crippen LogP contribution in [0.15, 0.2) is 35.7 Å². The van der Waals surface area contributed by atoms with Crippen molar-refractivity contribution < 1.29 is 9.59 Å². The number of benzene rings is 1. The summed E-state index contributed by atoms with van der Waals surface area (Å²) in [6, 6.07) is 10.5. The minimum Gasteiger partial charge on any atom is -0.333 e. The molecule has 180 valence electrons. The van der Waals surface area contributed by atoms with Gasteiger partial charge in [-0.2, -0.15) is 0 Å². The molecule has 1 aromatic carbocycles. The maximum absolute atomic E-state index is 13.7. The zero-order valence-electron chi connectivity index (χ0n) is 20.6. The Bertz CT molecular complexity index is 907. The molecule has 0 saturated carbocycles. The molecule has 1 aliphatic rings. The minimum absolute atomic E-state index is 0.0640. The van der Waals surface area contributed by atoms with Gasteiger partial charge in [0.05, 0.1) is 12.6 Å². The van der Waals surface area contributed by atoms with Crippen LogP contribution in [-0.2, 0) is 16.0 Å². The number of nitrogens with zero attached hydrogens (tertiary/aromatic N) is 2. The largest absolute Gasteiger partial charge is 0.333 e. The van der Waals surface area contributed by atoms with E-state index < -0.39 is 0 Å². The number of amides is 2. The Morgan fingerprint density at radius 1 is 1.00 bits per heavy atom. The van der Waals surface area contributed by atoms with E-state index in [2.05, 4.69) is 56.5 Å². The van der Waals surface area contributed by atoms with E-state index in [0.29, 0.717) is 19.5 Å². The Hall–Kier alpha value is -2.14. The van der Waals surface area contributed by atoms with Crippen molar-refractivity contribution in [3.8, 4) is 0 Å². The van der Waals surface area contributed by atoms with Gasteiger partial charge < -0.3 is 9.80 Å². The molecule has 3 rings (SSSR count). The first-order chi connectivity index (χ1) is 16.1. The average molecular weight is 469 g/mol. The van der Waals surface area contributed by atoms with Gasteiger partial charge in [0.2, 0.25) is 11.8 Å². The van der Waals surface area contributed by atoms with Crippen molar-refractivity contribution >= 4 is 23.2 Å². The fourth-order valence-corrected chi connectivity index (χ4v) is 5.68. The van der Waals surface area contributed by atoms with Crippen LogP contribution in [-0.4, -0.2) is 41.2 Å². The van der Waals surface area contributed by atoms with Crippen molar-refractivity contribution in [1.82, 2.24) is 9.80 Å². The average Bonchev–Trinajstić information content (AvgIpc) is 3.30. The molecular formula is C28H40N2O2S. The fourth-order valence-electron chi connectivity index (χ4n) is 4.77. The van der Waals surface area contributed by atoms with E-state index in [1.165, 1.54) is 21.6 Å². The summed E-state index contributed by atoms with van der Waals surface area (Å²) in [5, 5.41) is 2.14. The summed E-state index contributed by atoms with van der Waals surface area (Å²) in [7, 11) is 0.